The van der Waals surface area contributed by atoms with Crippen molar-refractivity contribution in [3.05, 3.63) is 17.7 Å². The predicted octanol–water partition coefficient (Wildman–Crippen LogP) is 0.343. The molecule has 1 aliphatic carbocycles. The van der Waals surface area contributed by atoms with Gasteiger partial charge in [0.1, 0.15) is 17.9 Å². The largest absolute Gasteiger partial charge is 0.350 e. The van der Waals surface area contributed by atoms with Crippen LogP contribution in [0.2, 0.25) is 0 Å². The summed E-state index contributed by atoms with van der Waals surface area (Å²) in [5.41, 5.74) is 0.131. The van der Waals surface area contributed by atoms with Crippen LogP contribution in [0.3, 0.4) is 0 Å². The van der Waals surface area contributed by atoms with Crippen molar-refractivity contribution in [1.29, 1.82) is 0 Å². The van der Waals surface area contributed by atoms with E-state index in [2.05, 4.69) is 20.2 Å². The molecule has 2 atom stereocenters. The number of aromatic nitrogens is 2. The molecule has 2 aliphatic heterocycles. The van der Waals surface area contributed by atoms with Crippen LogP contribution in [0.5, 0.6) is 0 Å². The standard InChI is InChI=1S/C17H23N5O3/c1-10-7-21-8-12(5-6-13(21)18-10)19-14(23)9-22-15(24)17(2,11-3-4-11)20-16(22)25/h7,11-12H,3-6,8-9H2,1-2H3,(H,19,23)(H,20,25)/t12-,17-/m0/s1. The first-order valence-electron chi connectivity index (χ1n) is 8.83. The molecule has 8 nitrogen and oxygen atoms in total. The first kappa shape index (κ1) is 16.1. The van der Waals surface area contributed by atoms with Crippen LogP contribution in [0.15, 0.2) is 6.20 Å². The maximum Gasteiger partial charge on any atom is 0.325 e. The number of carbonyl (C=O) groups excluding carboxylic acids is 3. The van der Waals surface area contributed by atoms with Crippen molar-refractivity contribution in [3.63, 3.8) is 0 Å². The van der Waals surface area contributed by atoms with Gasteiger partial charge >= 0.3 is 6.03 Å². The zero-order chi connectivity index (χ0) is 17.8. The summed E-state index contributed by atoms with van der Waals surface area (Å²) in [6, 6.07) is -0.477. The second kappa shape index (κ2) is 5.57. The molecule has 1 aromatic rings. The van der Waals surface area contributed by atoms with Crippen LogP contribution >= 0.6 is 0 Å². The van der Waals surface area contributed by atoms with E-state index in [-0.39, 0.29) is 30.3 Å². The number of amides is 4. The van der Waals surface area contributed by atoms with E-state index in [1.807, 2.05) is 13.1 Å². The number of imidazole rings is 1. The highest BCUT2D eigenvalue weighted by molar-refractivity contribution is 6.09. The van der Waals surface area contributed by atoms with E-state index in [1.54, 1.807) is 6.92 Å². The Kier molecular flexibility index (Phi) is 3.59. The van der Waals surface area contributed by atoms with Gasteiger partial charge in [-0.05, 0) is 39.0 Å². The van der Waals surface area contributed by atoms with Crippen LogP contribution in [0.25, 0.3) is 0 Å². The molecule has 3 heterocycles. The molecule has 8 heteroatoms. The normalized spacial score (nSPS) is 28.7. The lowest BCUT2D eigenvalue weighted by Gasteiger charge is -2.25. The maximum atomic E-state index is 12.6. The van der Waals surface area contributed by atoms with Gasteiger partial charge in [-0.2, -0.15) is 0 Å². The van der Waals surface area contributed by atoms with Gasteiger partial charge in [-0.15, -0.1) is 0 Å². The van der Waals surface area contributed by atoms with Gasteiger partial charge in [0.05, 0.1) is 5.69 Å². The lowest BCUT2D eigenvalue weighted by Crippen LogP contribution is -2.48. The summed E-state index contributed by atoms with van der Waals surface area (Å²) in [6.07, 6.45) is 5.48. The number of hydrogen-bond acceptors (Lipinski definition) is 4. The molecule has 0 bridgehead atoms. The smallest absolute Gasteiger partial charge is 0.325 e. The van der Waals surface area contributed by atoms with Gasteiger partial charge in [0.25, 0.3) is 5.91 Å². The van der Waals surface area contributed by atoms with Crippen LogP contribution < -0.4 is 10.6 Å². The monoisotopic (exact) mass is 345 g/mol. The van der Waals surface area contributed by atoms with Crippen molar-refractivity contribution in [2.75, 3.05) is 6.54 Å². The molecule has 1 saturated heterocycles. The molecule has 4 rings (SSSR count). The number of hydrogen-bond donors (Lipinski definition) is 2. The Labute approximate surface area is 146 Å². The highest BCUT2D eigenvalue weighted by Gasteiger charge is 2.56. The summed E-state index contributed by atoms with van der Waals surface area (Å²) >= 11 is 0. The third kappa shape index (κ3) is 2.79. The summed E-state index contributed by atoms with van der Waals surface area (Å²) in [4.78, 5) is 42.5. The molecule has 1 aromatic heterocycles. The zero-order valence-corrected chi connectivity index (χ0v) is 14.5. The van der Waals surface area contributed by atoms with Gasteiger partial charge in [0, 0.05) is 25.2 Å². The Morgan fingerprint density at radius 2 is 2.16 bits per heavy atom. The molecule has 4 amide bonds. The molecule has 0 aromatic carbocycles. The first-order chi connectivity index (χ1) is 11.9. The molecule has 3 aliphatic rings. The fourth-order valence-corrected chi connectivity index (χ4v) is 3.92. The van der Waals surface area contributed by atoms with Crippen molar-refractivity contribution < 1.29 is 14.4 Å². The average Bonchev–Trinajstić information content (AvgIpc) is 3.30. The van der Waals surface area contributed by atoms with Crippen LogP contribution in [-0.2, 0) is 22.6 Å². The SMILES string of the molecule is Cc1cn2c(n1)CC[C@H](NC(=O)CN1C(=O)N[C@@](C)(C3CC3)C1=O)C2. The summed E-state index contributed by atoms with van der Waals surface area (Å²) < 4.78 is 2.06. The lowest BCUT2D eigenvalue weighted by atomic mass is 9.96. The number of nitrogens with one attached hydrogen (secondary N) is 2. The van der Waals surface area contributed by atoms with Crippen molar-refractivity contribution in [2.45, 2.75) is 57.7 Å². The second-order valence-corrected chi connectivity index (χ2v) is 7.55. The van der Waals surface area contributed by atoms with Gasteiger partial charge in [-0.3, -0.25) is 14.5 Å². The first-order valence-corrected chi connectivity index (χ1v) is 8.83. The minimum atomic E-state index is -0.842. The number of fused-ring (bicyclic) bond motifs is 1. The summed E-state index contributed by atoms with van der Waals surface area (Å²) in [7, 11) is 0. The predicted molar refractivity (Wildman–Crippen MR) is 88.6 cm³/mol. The Balaban J connectivity index is 1.36. The molecule has 0 radical (unpaired) electrons. The molecule has 2 fully saturated rings. The van der Waals surface area contributed by atoms with E-state index in [1.165, 1.54) is 0 Å². The third-order valence-corrected chi connectivity index (χ3v) is 5.47. The number of nitrogens with zero attached hydrogens (tertiary/aromatic N) is 3. The van der Waals surface area contributed by atoms with Crippen LogP contribution in [0.1, 0.15) is 37.7 Å². The average molecular weight is 345 g/mol. The molecular formula is C17H23N5O3. The number of imide groups is 1. The number of carbonyl (C=O) groups is 3. The topological polar surface area (TPSA) is 96.3 Å². The van der Waals surface area contributed by atoms with Gasteiger partial charge in [0.15, 0.2) is 0 Å². The minimum absolute atomic E-state index is 0.0100. The second-order valence-electron chi connectivity index (χ2n) is 7.55. The van der Waals surface area contributed by atoms with Crippen molar-refractivity contribution in [2.24, 2.45) is 5.92 Å². The van der Waals surface area contributed by atoms with Gasteiger partial charge in [-0.25, -0.2) is 9.78 Å². The quantitative estimate of drug-likeness (QED) is 0.769. The number of rotatable bonds is 4. The van der Waals surface area contributed by atoms with E-state index < -0.39 is 11.6 Å². The Morgan fingerprint density at radius 1 is 1.40 bits per heavy atom. The third-order valence-electron chi connectivity index (χ3n) is 5.47. The summed E-state index contributed by atoms with van der Waals surface area (Å²) in [6.45, 7) is 4.15. The Bertz CT molecular complexity index is 753. The molecule has 25 heavy (non-hydrogen) atoms. The number of urea groups is 1. The fourth-order valence-electron chi connectivity index (χ4n) is 3.92. The van der Waals surface area contributed by atoms with Crippen LogP contribution in [-0.4, -0.2) is 50.4 Å². The van der Waals surface area contributed by atoms with E-state index >= 15 is 0 Å². The van der Waals surface area contributed by atoms with Crippen molar-refractivity contribution in [1.82, 2.24) is 25.1 Å². The van der Waals surface area contributed by atoms with Gasteiger partial charge in [0.2, 0.25) is 5.91 Å². The summed E-state index contributed by atoms with van der Waals surface area (Å²) in [5, 5.41) is 5.71. The highest BCUT2D eigenvalue weighted by Crippen LogP contribution is 2.42. The molecule has 0 unspecified atom stereocenters. The van der Waals surface area contributed by atoms with E-state index in [9.17, 15) is 14.4 Å². The maximum absolute atomic E-state index is 12.6. The van der Waals surface area contributed by atoms with E-state index in [4.69, 9.17) is 0 Å². The minimum Gasteiger partial charge on any atom is -0.350 e. The molecule has 134 valence electrons. The van der Waals surface area contributed by atoms with Gasteiger partial charge < -0.3 is 15.2 Å². The van der Waals surface area contributed by atoms with Crippen LogP contribution in [0, 0.1) is 12.8 Å². The molecule has 1 saturated carbocycles. The summed E-state index contributed by atoms with van der Waals surface area (Å²) in [5.74, 6) is 0.649. The fraction of sp³-hybridized carbons (Fsp3) is 0.647. The lowest BCUT2D eigenvalue weighted by molar-refractivity contribution is -0.135. The van der Waals surface area contributed by atoms with E-state index in [0.717, 1.165) is 42.1 Å². The molecule has 0 spiro atoms. The van der Waals surface area contributed by atoms with Crippen LogP contribution in [0.4, 0.5) is 4.79 Å². The Morgan fingerprint density at radius 3 is 2.88 bits per heavy atom. The molecular weight excluding hydrogens is 322 g/mol. The highest BCUT2D eigenvalue weighted by atomic mass is 16.2. The molecule has 2 N–H and O–H groups in total. The van der Waals surface area contributed by atoms with Crippen molar-refractivity contribution >= 4 is 17.8 Å². The van der Waals surface area contributed by atoms with Gasteiger partial charge in [-0.1, -0.05) is 0 Å². The van der Waals surface area contributed by atoms with Crippen molar-refractivity contribution in [3.8, 4) is 0 Å². The zero-order valence-electron chi connectivity index (χ0n) is 14.5. The number of aryl methyl sites for hydroxylation is 2. The van der Waals surface area contributed by atoms with E-state index in [0.29, 0.717) is 6.54 Å². The Hall–Kier alpha value is -2.38.